The molecule has 2 aliphatic rings. The lowest BCUT2D eigenvalue weighted by Gasteiger charge is -2.15. The lowest BCUT2D eigenvalue weighted by Crippen LogP contribution is -2.22. The second-order valence-corrected chi connectivity index (χ2v) is 5.22. The highest BCUT2D eigenvalue weighted by atomic mass is 35.5. The molecule has 6 heteroatoms. The fraction of sp³-hybridized carbons (Fsp3) is 0.727. The van der Waals surface area contributed by atoms with Crippen molar-refractivity contribution in [2.45, 2.75) is 32.2 Å². The van der Waals surface area contributed by atoms with Crippen molar-refractivity contribution in [1.29, 1.82) is 0 Å². The molecule has 2 unspecified atom stereocenters. The minimum atomic E-state index is 0.276. The average Bonchev–Trinajstić information content (AvgIpc) is 2.83. The molecule has 2 heterocycles. The van der Waals surface area contributed by atoms with Crippen LogP contribution in [0.5, 0.6) is 0 Å². The first-order valence-corrected chi connectivity index (χ1v) is 6.53. The van der Waals surface area contributed by atoms with Gasteiger partial charge in [0.1, 0.15) is 0 Å². The molecule has 0 radical (unpaired) electrons. The molecule has 92 valence electrons. The number of aromatic nitrogens is 3. The van der Waals surface area contributed by atoms with E-state index in [9.17, 15) is 0 Å². The number of nitrogens with one attached hydrogen (secondary N) is 1. The van der Waals surface area contributed by atoms with Gasteiger partial charge in [0, 0.05) is 19.1 Å². The first-order valence-electron chi connectivity index (χ1n) is 6.15. The largest absolute Gasteiger partial charge is 0.351 e. The van der Waals surface area contributed by atoms with Gasteiger partial charge in [0.15, 0.2) is 0 Å². The zero-order chi connectivity index (χ0) is 11.8. The molecule has 1 N–H and O–H groups in total. The molecule has 0 amide bonds. The predicted octanol–water partition coefficient (Wildman–Crippen LogP) is 1.95. The number of anilines is 2. The van der Waals surface area contributed by atoms with Crippen LogP contribution in [-0.2, 0) is 0 Å². The van der Waals surface area contributed by atoms with Crippen LogP contribution in [0.4, 0.5) is 11.9 Å². The number of hydrogen-bond acceptors (Lipinski definition) is 5. The Morgan fingerprint density at radius 2 is 1.94 bits per heavy atom. The lowest BCUT2D eigenvalue weighted by molar-refractivity contribution is 0.865. The zero-order valence-electron chi connectivity index (χ0n) is 9.86. The second kappa shape index (κ2) is 4.29. The van der Waals surface area contributed by atoms with Crippen LogP contribution >= 0.6 is 11.6 Å². The van der Waals surface area contributed by atoms with Crippen LogP contribution in [0.2, 0.25) is 5.28 Å². The van der Waals surface area contributed by atoms with E-state index in [-0.39, 0.29) is 5.28 Å². The third-order valence-corrected chi connectivity index (χ3v) is 3.58. The maximum absolute atomic E-state index is 5.94. The Kier molecular flexibility index (Phi) is 2.78. The molecule has 5 nitrogen and oxygen atoms in total. The molecule has 1 aromatic rings. The summed E-state index contributed by atoms with van der Waals surface area (Å²) in [4.78, 5) is 14.9. The first kappa shape index (κ1) is 11.0. The molecular weight excluding hydrogens is 238 g/mol. The van der Waals surface area contributed by atoms with Gasteiger partial charge in [0.05, 0.1) is 0 Å². The maximum atomic E-state index is 5.94. The molecule has 1 saturated carbocycles. The van der Waals surface area contributed by atoms with Gasteiger partial charge in [-0.05, 0) is 36.8 Å². The van der Waals surface area contributed by atoms with Crippen molar-refractivity contribution in [2.75, 3.05) is 23.3 Å². The number of halogens is 1. The quantitative estimate of drug-likeness (QED) is 0.892. The van der Waals surface area contributed by atoms with Crippen LogP contribution in [-0.4, -0.2) is 34.1 Å². The van der Waals surface area contributed by atoms with Gasteiger partial charge >= 0.3 is 0 Å². The molecule has 2 fully saturated rings. The molecule has 1 aliphatic carbocycles. The fourth-order valence-electron chi connectivity index (χ4n) is 2.15. The summed E-state index contributed by atoms with van der Waals surface area (Å²) in [7, 11) is 0. The maximum Gasteiger partial charge on any atom is 0.231 e. The smallest absolute Gasteiger partial charge is 0.231 e. The minimum absolute atomic E-state index is 0.276. The van der Waals surface area contributed by atoms with E-state index in [1.165, 1.54) is 19.3 Å². The van der Waals surface area contributed by atoms with Gasteiger partial charge in [-0.1, -0.05) is 6.92 Å². The average molecular weight is 254 g/mol. The molecule has 17 heavy (non-hydrogen) atoms. The van der Waals surface area contributed by atoms with Crippen molar-refractivity contribution < 1.29 is 0 Å². The van der Waals surface area contributed by atoms with Gasteiger partial charge in [0.2, 0.25) is 17.2 Å². The summed E-state index contributed by atoms with van der Waals surface area (Å²) >= 11 is 5.94. The van der Waals surface area contributed by atoms with E-state index in [4.69, 9.17) is 11.6 Å². The molecule has 1 aromatic heterocycles. The van der Waals surface area contributed by atoms with E-state index < -0.39 is 0 Å². The number of hydrogen-bond donors (Lipinski definition) is 1. The van der Waals surface area contributed by atoms with Crippen LogP contribution < -0.4 is 10.2 Å². The SMILES string of the molecule is CC1CC1Nc1nc(Cl)nc(N2CCCC2)n1. The van der Waals surface area contributed by atoms with E-state index in [1.807, 2.05) is 0 Å². The highest BCUT2D eigenvalue weighted by Crippen LogP contribution is 2.32. The molecule has 0 spiro atoms. The van der Waals surface area contributed by atoms with Crippen LogP contribution in [0.15, 0.2) is 0 Å². The van der Waals surface area contributed by atoms with Crippen LogP contribution in [0.3, 0.4) is 0 Å². The van der Waals surface area contributed by atoms with E-state index in [2.05, 4.69) is 32.1 Å². The second-order valence-electron chi connectivity index (χ2n) is 4.89. The Labute approximate surface area is 106 Å². The van der Waals surface area contributed by atoms with Crippen molar-refractivity contribution >= 4 is 23.5 Å². The summed E-state index contributed by atoms with van der Waals surface area (Å²) < 4.78 is 0. The summed E-state index contributed by atoms with van der Waals surface area (Å²) in [6.07, 6.45) is 3.58. The minimum Gasteiger partial charge on any atom is -0.351 e. The highest BCUT2D eigenvalue weighted by Gasteiger charge is 2.33. The Balaban J connectivity index is 1.78. The van der Waals surface area contributed by atoms with Gasteiger partial charge in [0.25, 0.3) is 0 Å². The zero-order valence-corrected chi connectivity index (χ0v) is 10.6. The first-order chi connectivity index (χ1) is 8.22. The van der Waals surface area contributed by atoms with Gasteiger partial charge in [-0.3, -0.25) is 0 Å². The van der Waals surface area contributed by atoms with E-state index >= 15 is 0 Å². The summed E-state index contributed by atoms with van der Waals surface area (Å²) in [6, 6.07) is 0.500. The summed E-state index contributed by atoms with van der Waals surface area (Å²) in [5, 5.41) is 3.57. The molecule has 1 aliphatic heterocycles. The molecule has 2 atom stereocenters. The monoisotopic (exact) mass is 253 g/mol. The van der Waals surface area contributed by atoms with Crippen molar-refractivity contribution in [3.63, 3.8) is 0 Å². The van der Waals surface area contributed by atoms with Crippen molar-refractivity contribution in [3.05, 3.63) is 5.28 Å². The third kappa shape index (κ3) is 2.44. The van der Waals surface area contributed by atoms with Gasteiger partial charge in [-0.15, -0.1) is 0 Å². The standard InChI is InChI=1S/C11H16ClN5/c1-7-6-8(7)13-10-14-9(12)15-11(16-10)17-4-2-3-5-17/h7-8H,2-6H2,1H3,(H,13,14,15,16). The summed E-state index contributed by atoms with van der Waals surface area (Å²) in [5.41, 5.74) is 0. The van der Waals surface area contributed by atoms with Gasteiger partial charge < -0.3 is 10.2 Å². The van der Waals surface area contributed by atoms with Crippen LogP contribution in [0.1, 0.15) is 26.2 Å². The summed E-state index contributed by atoms with van der Waals surface area (Å²) in [6.45, 7) is 4.24. The van der Waals surface area contributed by atoms with Crippen molar-refractivity contribution in [2.24, 2.45) is 5.92 Å². The Hall–Kier alpha value is -1.10. The van der Waals surface area contributed by atoms with E-state index in [0.717, 1.165) is 13.1 Å². The normalized spacial score (nSPS) is 27.3. The Morgan fingerprint density at radius 3 is 2.59 bits per heavy atom. The number of nitrogens with zero attached hydrogens (tertiary/aromatic N) is 4. The topological polar surface area (TPSA) is 53.9 Å². The van der Waals surface area contributed by atoms with Gasteiger partial charge in [-0.25, -0.2) is 0 Å². The van der Waals surface area contributed by atoms with E-state index in [0.29, 0.717) is 23.9 Å². The molecule has 0 aromatic carbocycles. The fourth-order valence-corrected chi connectivity index (χ4v) is 2.31. The molecule has 3 rings (SSSR count). The Bertz CT molecular complexity index is 418. The molecule has 1 saturated heterocycles. The number of rotatable bonds is 3. The van der Waals surface area contributed by atoms with E-state index in [1.54, 1.807) is 0 Å². The highest BCUT2D eigenvalue weighted by molar-refractivity contribution is 6.28. The molecular formula is C11H16ClN5. The lowest BCUT2D eigenvalue weighted by atomic mass is 10.4. The van der Waals surface area contributed by atoms with Crippen LogP contribution in [0, 0.1) is 5.92 Å². The summed E-state index contributed by atoms with van der Waals surface area (Å²) in [5.74, 6) is 2.03. The molecule has 0 bridgehead atoms. The van der Waals surface area contributed by atoms with Crippen molar-refractivity contribution in [3.8, 4) is 0 Å². The Morgan fingerprint density at radius 1 is 1.24 bits per heavy atom. The predicted molar refractivity (Wildman–Crippen MR) is 67.5 cm³/mol. The van der Waals surface area contributed by atoms with Gasteiger partial charge in [-0.2, -0.15) is 15.0 Å². The van der Waals surface area contributed by atoms with Crippen LogP contribution in [0.25, 0.3) is 0 Å². The third-order valence-electron chi connectivity index (χ3n) is 3.41. The van der Waals surface area contributed by atoms with Crippen molar-refractivity contribution in [1.82, 2.24) is 15.0 Å².